The lowest BCUT2D eigenvalue weighted by atomic mass is 10.2. The summed E-state index contributed by atoms with van der Waals surface area (Å²) in [5, 5.41) is 2.93. The molecule has 1 saturated heterocycles. The first-order chi connectivity index (χ1) is 11.4. The van der Waals surface area contributed by atoms with Crippen molar-refractivity contribution in [1.82, 2.24) is 10.2 Å². The van der Waals surface area contributed by atoms with Crippen molar-refractivity contribution in [3.05, 3.63) is 24.3 Å². The summed E-state index contributed by atoms with van der Waals surface area (Å²) in [5.41, 5.74) is 0. The van der Waals surface area contributed by atoms with E-state index < -0.39 is 9.84 Å². The quantitative estimate of drug-likeness (QED) is 0.705. The number of hydrogen-bond acceptors (Lipinski definition) is 5. The van der Waals surface area contributed by atoms with Crippen LogP contribution in [0.3, 0.4) is 0 Å². The summed E-state index contributed by atoms with van der Waals surface area (Å²) in [5.74, 6) is 0.164. The zero-order valence-electron chi connectivity index (χ0n) is 14.9. The number of carbonyl (C=O) groups excluding carboxylic acids is 1. The van der Waals surface area contributed by atoms with Crippen LogP contribution in [0, 0.1) is 0 Å². The average molecular weight is 407 g/mol. The van der Waals surface area contributed by atoms with E-state index in [0.717, 1.165) is 19.5 Å². The molecule has 0 spiro atoms. The van der Waals surface area contributed by atoms with Crippen LogP contribution >= 0.6 is 24.2 Å². The van der Waals surface area contributed by atoms with Crippen LogP contribution in [-0.2, 0) is 14.6 Å². The van der Waals surface area contributed by atoms with Gasteiger partial charge in [-0.25, -0.2) is 8.42 Å². The summed E-state index contributed by atoms with van der Waals surface area (Å²) in [6, 6.07) is 7.19. The molecule has 1 aromatic rings. The molecule has 1 fully saturated rings. The van der Waals surface area contributed by atoms with Gasteiger partial charge in [0, 0.05) is 24.5 Å². The number of likely N-dealkylation sites (N-methyl/N-ethyl adjacent to an activating group) is 1. The number of hydrogen-bond donors (Lipinski definition) is 1. The maximum Gasteiger partial charge on any atom is 0.235 e. The van der Waals surface area contributed by atoms with Gasteiger partial charge in [-0.2, -0.15) is 0 Å². The van der Waals surface area contributed by atoms with E-state index in [0.29, 0.717) is 16.2 Å². The van der Waals surface area contributed by atoms with Crippen molar-refractivity contribution in [3.8, 4) is 0 Å². The molecule has 0 bridgehead atoms. The highest BCUT2D eigenvalue weighted by molar-refractivity contribution is 8.01. The second-order valence-corrected chi connectivity index (χ2v) is 9.58. The Morgan fingerprint density at radius 3 is 2.68 bits per heavy atom. The van der Waals surface area contributed by atoms with Gasteiger partial charge in [0.1, 0.15) is 0 Å². The summed E-state index contributed by atoms with van der Waals surface area (Å²) in [6.45, 7) is 5.45. The van der Waals surface area contributed by atoms with E-state index in [1.807, 2.05) is 27.0 Å². The largest absolute Gasteiger partial charge is 0.340 e. The smallest absolute Gasteiger partial charge is 0.235 e. The minimum atomic E-state index is -3.30. The molecule has 8 heteroatoms. The fourth-order valence-electron chi connectivity index (χ4n) is 2.86. The van der Waals surface area contributed by atoms with E-state index in [1.165, 1.54) is 11.8 Å². The summed E-state index contributed by atoms with van der Waals surface area (Å²) in [4.78, 5) is 15.4. The van der Waals surface area contributed by atoms with E-state index in [1.54, 1.807) is 23.1 Å². The molecule has 142 valence electrons. The van der Waals surface area contributed by atoms with E-state index in [2.05, 4.69) is 5.32 Å². The molecule has 1 heterocycles. The molecule has 0 radical (unpaired) electrons. The Morgan fingerprint density at radius 1 is 1.40 bits per heavy atom. The number of thioether (sulfide) groups is 1. The molecule has 5 nitrogen and oxygen atoms in total. The van der Waals surface area contributed by atoms with Crippen molar-refractivity contribution in [1.29, 1.82) is 0 Å². The van der Waals surface area contributed by atoms with Gasteiger partial charge in [0.2, 0.25) is 5.91 Å². The van der Waals surface area contributed by atoms with Gasteiger partial charge in [-0.15, -0.1) is 24.2 Å². The number of halogens is 1. The van der Waals surface area contributed by atoms with Crippen molar-refractivity contribution < 1.29 is 13.2 Å². The fraction of sp³-hybridized carbons (Fsp3) is 0.588. The molecule has 1 amide bonds. The molecule has 1 N–H and O–H groups in total. The lowest BCUT2D eigenvalue weighted by Crippen LogP contribution is -2.42. The molecule has 1 aromatic carbocycles. The predicted octanol–water partition coefficient (Wildman–Crippen LogP) is 2.59. The molecule has 0 aromatic heterocycles. The van der Waals surface area contributed by atoms with Gasteiger partial charge in [0.25, 0.3) is 0 Å². The minimum absolute atomic E-state index is 0. The van der Waals surface area contributed by atoms with Crippen LogP contribution in [0.1, 0.15) is 26.7 Å². The van der Waals surface area contributed by atoms with Crippen molar-refractivity contribution in [2.75, 3.05) is 25.9 Å². The van der Waals surface area contributed by atoms with E-state index in [-0.39, 0.29) is 35.4 Å². The SMILES string of the molecule is CCCS(=O)(=O)c1ccccc1SC(C)C(=O)N(C)C1CCNC1.Cl. The average Bonchev–Trinajstić information content (AvgIpc) is 3.08. The molecular formula is C17H27ClN2O3S2. The van der Waals surface area contributed by atoms with Crippen molar-refractivity contribution in [2.45, 2.75) is 47.8 Å². The number of nitrogens with zero attached hydrogens (tertiary/aromatic N) is 1. The molecular weight excluding hydrogens is 380 g/mol. The molecule has 0 saturated carbocycles. The third-order valence-electron chi connectivity index (χ3n) is 4.24. The fourth-order valence-corrected chi connectivity index (χ4v) is 5.79. The highest BCUT2D eigenvalue weighted by atomic mass is 35.5. The maximum absolute atomic E-state index is 12.6. The Balaban J connectivity index is 0.00000312. The second-order valence-electron chi connectivity index (χ2n) is 6.12. The molecule has 2 unspecified atom stereocenters. The van der Waals surface area contributed by atoms with Gasteiger partial charge in [0.05, 0.1) is 15.9 Å². The van der Waals surface area contributed by atoms with Crippen LogP contribution in [0.4, 0.5) is 0 Å². The number of benzene rings is 1. The minimum Gasteiger partial charge on any atom is -0.340 e. The molecule has 1 aliphatic heterocycles. The number of nitrogens with one attached hydrogen (secondary N) is 1. The Hall–Kier alpha value is -0.760. The van der Waals surface area contributed by atoms with Crippen molar-refractivity contribution in [3.63, 3.8) is 0 Å². The summed E-state index contributed by atoms with van der Waals surface area (Å²) < 4.78 is 24.9. The van der Waals surface area contributed by atoms with Crippen molar-refractivity contribution in [2.24, 2.45) is 0 Å². The first-order valence-electron chi connectivity index (χ1n) is 8.32. The first-order valence-corrected chi connectivity index (χ1v) is 10.9. The highest BCUT2D eigenvalue weighted by Crippen LogP contribution is 2.31. The molecule has 25 heavy (non-hydrogen) atoms. The third kappa shape index (κ3) is 5.61. The van der Waals surface area contributed by atoms with Crippen LogP contribution in [-0.4, -0.2) is 56.4 Å². The van der Waals surface area contributed by atoms with E-state index in [9.17, 15) is 13.2 Å². The lowest BCUT2D eigenvalue weighted by molar-refractivity contribution is -0.130. The van der Waals surface area contributed by atoms with Crippen LogP contribution in [0.2, 0.25) is 0 Å². The Kier molecular flexibility index (Phi) is 8.74. The molecule has 2 atom stereocenters. The monoisotopic (exact) mass is 406 g/mol. The second kappa shape index (κ2) is 9.80. The maximum atomic E-state index is 12.6. The van der Waals surface area contributed by atoms with E-state index in [4.69, 9.17) is 0 Å². The van der Waals surface area contributed by atoms with Crippen LogP contribution in [0.25, 0.3) is 0 Å². The Bertz CT molecular complexity index is 676. The molecule has 1 aliphatic rings. The van der Waals surface area contributed by atoms with Crippen molar-refractivity contribution >= 4 is 39.9 Å². The van der Waals surface area contributed by atoms with Gasteiger partial charge in [-0.3, -0.25) is 4.79 Å². The number of carbonyl (C=O) groups is 1. The number of amides is 1. The zero-order chi connectivity index (χ0) is 17.7. The summed E-state index contributed by atoms with van der Waals surface area (Å²) in [7, 11) is -1.47. The van der Waals surface area contributed by atoms with Gasteiger partial charge in [0.15, 0.2) is 9.84 Å². The van der Waals surface area contributed by atoms with Gasteiger partial charge >= 0.3 is 0 Å². The van der Waals surface area contributed by atoms with Crippen LogP contribution < -0.4 is 5.32 Å². The van der Waals surface area contributed by atoms with E-state index >= 15 is 0 Å². The standard InChI is InChI=1S/C17H26N2O3S2.ClH/c1-4-11-24(21,22)16-8-6-5-7-15(16)23-13(2)17(20)19(3)14-9-10-18-12-14;/h5-8,13-14,18H,4,9-12H2,1-3H3;1H. The summed E-state index contributed by atoms with van der Waals surface area (Å²) in [6.07, 6.45) is 1.54. The highest BCUT2D eigenvalue weighted by Gasteiger charge is 2.28. The predicted molar refractivity (Wildman–Crippen MR) is 105 cm³/mol. The lowest BCUT2D eigenvalue weighted by Gasteiger charge is -2.26. The summed E-state index contributed by atoms with van der Waals surface area (Å²) >= 11 is 1.33. The molecule has 2 rings (SSSR count). The Morgan fingerprint density at radius 2 is 2.08 bits per heavy atom. The topological polar surface area (TPSA) is 66.5 Å². The van der Waals surface area contributed by atoms with Crippen LogP contribution in [0.5, 0.6) is 0 Å². The third-order valence-corrected chi connectivity index (χ3v) is 7.50. The molecule has 0 aliphatic carbocycles. The number of rotatable bonds is 7. The number of sulfone groups is 1. The van der Waals surface area contributed by atoms with Gasteiger partial charge in [-0.05, 0) is 38.4 Å². The normalized spacial score (nSPS) is 18.4. The van der Waals surface area contributed by atoms with Gasteiger partial charge < -0.3 is 10.2 Å². The zero-order valence-corrected chi connectivity index (χ0v) is 17.3. The van der Waals surface area contributed by atoms with Crippen LogP contribution in [0.15, 0.2) is 34.1 Å². The Labute approximate surface area is 161 Å². The van der Waals surface area contributed by atoms with Gasteiger partial charge in [-0.1, -0.05) is 19.1 Å². The first kappa shape index (κ1) is 22.3.